The van der Waals surface area contributed by atoms with Gasteiger partial charge in [-0.1, -0.05) is 11.6 Å². The first-order chi connectivity index (χ1) is 9.62. The number of hydrogen-bond donors (Lipinski definition) is 1. The van der Waals surface area contributed by atoms with Crippen LogP contribution in [0.1, 0.15) is 16.1 Å². The number of halogens is 5. The van der Waals surface area contributed by atoms with E-state index < -0.39 is 45.5 Å². The van der Waals surface area contributed by atoms with Crippen molar-refractivity contribution in [2.24, 2.45) is 7.05 Å². The van der Waals surface area contributed by atoms with Crippen molar-refractivity contribution < 1.29 is 27.5 Å². The van der Waals surface area contributed by atoms with Crippen LogP contribution in [0.25, 0.3) is 11.3 Å². The van der Waals surface area contributed by atoms with Crippen molar-refractivity contribution in [2.75, 3.05) is 0 Å². The van der Waals surface area contributed by atoms with Gasteiger partial charge in [-0.2, -0.15) is 18.3 Å². The Balaban J connectivity index is 2.68. The zero-order valence-corrected chi connectivity index (χ0v) is 11.1. The third-order valence-corrected chi connectivity index (χ3v) is 3.14. The minimum Gasteiger partial charge on any atom is -0.478 e. The van der Waals surface area contributed by atoms with E-state index in [2.05, 4.69) is 5.10 Å². The summed E-state index contributed by atoms with van der Waals surface area (Å²) in [6, 6.07) is 2.35. The Morgan fingerprint density at radius 1 is 1.38 bits per heavy atom. The van der Waals surface area contributed by atoms with Gasteiger partial charge in [0.15, 0.2) is 0 Å². The number of rotatable bonds is 2. The van der Waals surface area contributed by atoms with E-state index in [1.807, 2.05) is 0 Å². The lowest BCUT2D eigenvalue weighted by atomic mass is 10.1. The number of aryl methyl sites for hydroxylation is 1. The predicted molar refractivity (Wildman–Crippen MR) is 65.6 cm³/mol. The van der Waals surface area contributed by atoms with E-state index in [0.29, 0.717) is 10.7 Å². The summed E-state index contributed by atoms with van der Waals surface area (Å²) in [4.78, 5) is 10.9. The third kappa shape index (κ3) is 2.71. The van der Waals surface area contributed by atoms with Gasteiger partial charge in [-0.05, 0) is 18.2 Å². The molecule has 9 heteroatoms. The maximum Gasteiger partial charge on any atom is 0.433 e. The molecular formula is C12H7ClF4N2O2. The van der Waals surface area contributed by atoms with E-state index in [1.54, 1.807) is 0 Å². The Labute approximate surface area is 120 Å². The highest BCUT2D eigenvalue weighted by molar-refractivity contribution is 6.36. The largest absolute Gasteiger partial charge is 0.478 e. The second kappa shape index (κ2) is 5.03. The molecule has 0 amide bonds. The van der Waals surface area contributed by atoms with Crippen LogP contribution in [0.2, 0.25) is 5.02 Å². The Morgan fingerprint density at radius 2 is 2.00 bits per heavy atom. The number of carboxylic acid groups (broad SMARTS) is 1. The van der Waals surface area contributed by atoms with E-state index >= 15 is 0 Å². The van der Waals surface area contributed by atoms with Crippen molar-refractivity contribution in [3.05, 3.63) is 40.3 Å². The highest BCUT2D eigenvalue weighted by Crippen LogP contribution is 2.36. The van der Waals surface area contributed by atoms with Gasteiger partial charge >= 0.3 is 12.1 Å². The summed E-state index contributed by atoms with van der Waals surface area (Å²) in [6.07, 6.45) is -4.67. The molecule has 112 valence electrons. The number of alkyl halides is 3. The average molecular weight is 323 g/mol. The fraction of sp³-hybridized carbons (Fsp3) is 0.167. The normalized spacial score (nSPS) is 11.7. The molecule has 1 aromatic heterocycles. The van der Waals surface area contributed by atoms with Gasteiger partial charge in [-0.15, -0.1) is 0 Å². The van der Waals surface area contributed by atoms with Crippen LogP contribution in [0.5, 0.6) is 0 Å². The number of nitrogens with zero attached hydrogens (tertiary/aromatic N) is 2. The molecule has 0 fully saturated rings. The number of aromatic nitrogens is 2. The zero-order valence-electron chi connectivity index (χ0n) is 10.4. The van der Waals surface area contributed by atoms with Crippen molar-refractivity contribution in [3.63, 3.8) is 0 Å². The number of benzene rings is 1. The lowest BCUT2D eigenvalue weighted by Gasteiger charge is -2.05. The Kier molecular flexibility index (Phi) is 3.66. The van der Waals surface area contributed by atoms with E-state index in [1.165, 1.54) is 0 Å². The van der Waals surface area contributed by atoms with Crippen LogP contribution in [0.4, 0.5) is 17.6 Å². The molecule has 0 aliphatic heterocycles. The molecule has 1 N–H and O–H groups in total. The fourth-order valence-corrected chi connectivity index (χ4v) is 2.14. The summed E-state index contributed by atoms with van der Waals surface area (Å²) in [5.41, 5.74) is -2.40. The molecule has 1 heterocycles. The minimum atomic E-state index is -4.67. The van der Waals surface area contributed by atoms with E-state index in [0.717, 1.165) is 19.2 Å². The summed E-state index contributed by atoms with van der Waals surface area (Å²) < 4.78 is 52.4. The molecule has 2 rings (SSSR count). The van der Waals surface area contributed by atoms with Gasteiger partial charge in [0.25, 0.3) is 0 Å². The SMILES string of the molecule is Cn1nc(-c2c(F)ccc(C(=O)O)c2Cl)cc1C(F)(F)F. The molecule has 0 bridgehead atoms. The maximum absolute atomic E-state index is 13.8. The molecular weight excluding hydrogens is 316 g/mol. The van der Waals surface area contributed by atoms with Gasteiger partial charge in [0.05, 0.1) is 21.8 Å². The molecule has 1 aromatic carbocycles. The molecule has 0 unspecified atom stereocenters. The Bertz CT molecular complexity index is 725. The number of aromatic carboxylic acids is 1. The van der Waals surface area contributed by atoms with E-state index in [-0.39, 0.29) is 0 Å². The highest BCUT2D eigenvalue weighted by Gasteiger charge is 2.35. The third-order valence-electron chi connectivity index (χ3n) is 2.75. The minimum absolute atomic E-state index is 0.393. The van der Waals surface area contributed by atoms with Gasteiger partial charge in [-0.25, -0.2) is 9.18 Å². The van der Waals surface area contributed by atoms with Crippen molar-refractivity contribution in [1.82, 2.24) is 9.78 Å². The van der Waals surface area contributed by atoms with Gasteiger partial charge < -0.3 is 5.11 Å². The van der Waals surface area contributed by atoms with E-state index in [9.17, 15) is 22.4 Å². The first-order valence-corrected chi connectivity index (χ1v) is 5.83. The standard InChI is InChI=1S/C12H7ClF4N2O2/c1-19-8(12(15,16)17)4-7(18-19)9-6(14)3-2-5(10(9)13)11(20)21/h2-4H,1H3,(H,20,21). The van der Waals surface area contributed by atoms with Crippen molar-refractivity contribution >= 4 is 17.6 Å². The van der Waals surface area contributed by atoms with Gasteiger partial charge in [0.2, 0.25) is 0 Å². The Hall–Kier alpha value is -2.09. The van der Waals surface area contributed by atoms with Crippen molar-refractivity contribution in [2.45, 2.75) is 6.18 Å². The first-order valence-electron chi connectivity index (χ1n) is 5.46. The van der Waals surface area contributed by atoms with Crippen molar-refractivity contribution in [1.29, 1.82) is 0 Å². The smallest absolute Gasteiger partial charge is 0.433 e. The Morgan fingerprint density at radius 3 is 2.48 bits per heavy atom. The number of hydrogen-bond acceptors (Lipinski definition) is 2. The fourth-order valence-electron chi connectivity index (χ4n) is 1.81. The summed E-state index contributed by atoms with van der Waals surface area (Å²) in [6.45, 7) is 0. The summed E-state index contributed by atoms with van der Waals surface area (Å²) in [5, 5.41) is 11.9. The molecule has 0 atom stereocenters. The van der Waals surface area contributed by atoms with Crippen molar-refractivity contribution in [3.8, 4) is 11.3 Å². The zero-order chi connectivity index (χ0) is 15.9. The van der Waals surface area contributed by atoms with Crippen LogP contribution < -0.4 is 0 Å². The monoisotopic (exact) mass is 322 g/mol. The maximum atomic E-state index is 13.8. The lowest BCUT2D eigenvalue weighted by Crippen LogP contribution is -2.11. The second-order valence-corrected chi connectivity index (χ2v) is 4.50. The van der Waals surface area contributed by atoms with Crippen LogP contribution in [-0.2, 0) is 13.2 Å². The van der Waals surface area contributed by atoms with Crippen LogP contribution in [0, 0.1) is 5.82 Å². The lowest BCUT2D eigenvalue weighted by molar-refractivity contribution is -0.143. The average Bonchev–Trinajstić information content (AvgIpc) is 2.70. The topological polar surface area (TPSA) is 55.1 Å². The van der Waals surface area contributed by atoms with Crippen LogP contribution in [-0.4, -0.2) is 20.9 Å². The van der Waals surface area contributed by atoms with Crippen LogP contribution >= 0.6 is 11.6 Å². The molecule has 0 saturated carbocycles. The van der Waals surface area contributed by atoms with E-state index in [4.69, 9.17) is 16.7 Å². The van der Waals surface area contributed by atoms with Crippen LogP contribution in [0.3, 0.4) is 0 Å². The molecule has 2 aromatic rings. The molecule has 21 heavy (non-hydrogen) atoms. The van der Waals surface area contributed by atoms with Crippen LogP contribution in [0.15, 0.2) is 18.2 Å². The van der Waals surface area contributed by atoms with Gasteiger partial charge in [0.1, 0.15) is 11.5 Å². The molecule has 0 radical (unpaired) electrons. The second-order valence-electron chi connectivity index (χ2n) is 4.13. The quantitative estimate of drug-likeness (QED) is 0.860. The number of carbonyl (C=O) groups is 1. The molecule has 0 aliphatic carbocycles. The predicted octanol–water partition coefficient (Wildman–Crippen LogP) is 3.60. The van der Waals surface area contributed by atoms with Gasteiger partial charge in [-0.3, -0.25) is 4.68 Å². The molecule has 0 spiro atoms. The number of carboxylic acids is 1. The molecule has 4 nitrogen and oxygen atoms in total. The summed E-state index contributed by atoms with van der Waals surface area (Å²) in [5.74, 6) is -2.38. The van der Waals surface area contributed by atoms with Gasteiger partial charge in [0, 0.05) is 7.05 Å². The molecule has 0 saturated heterocycles. The first kappa shape index (κ1) is 15.3. The summed E-state index contributed by atoms with van der Waals surface area (Å²) in [7, 11) is 1.04. The highest BCUT2D eigenvalue weighted by atomic mass is 35.5. The summed E-state index contributed by atoms with van der Waals surface area (Å²) >= 11 is 5.77. The molecule has 0 aliphatic rings.